The average Bonchev–Trinajstić information content (AvgIpc) is 2.52. The molecule has 18 heavy (non-hydrogen) atoms. The zero-order valence-electron chi connectivity index (χ0n) is 10.8. The van der Waals surface area contributed by atoms with Crippen molar-refractivity contribution in [2.45, 2.75) is 63.3 Å². The molecule has 2 saturated carbocycles. The van der Waals surface area contributed by atoms with Crippen molar-refractivity contribution >= 4 is 5.96 Å². The van der Waals surface area contributed by atoms with Crippen LogP contribution in [-0.2, 0) is 0 Å². The maximum Gasteiger partial charge on any atom is 0.248 e. The molecule has 0 amide bonds. The molecule has 0 atom stereocenters. The molecule has 3 nitrogen and oxygen atoms in total. The molecule has 0 unspecified atom stereocenters. The van der Waals surface area contributed by atoms with Crippen LogP contribution in [0.2, 0.25) is 0 Å². The Morgan fingerprint density at radius 2 is 1.78 bits per heavy atom. The fourth-order valence-electron chi connectivity index (χ4n) is 2.82. The highest BCUT2D eigenvalue weighted by atomic mass is 19.3. The van der Waals surface area contributed by atoms with E-state index < -0.39 is 5.92 Å². The van der Waals surface area contributed by atoms with Crippen LogP contribution in [0.5, 0.6) is 0 Å². The number of guanidine groups is 1. The molecule has 0 aromatic rings. The largest absolute Gasteiger partial charge is 0.370 e. The summed E-state index contributed by atoms with van der Waals surface area (Å²) >= 11 is 0. The van der Waals surface area contributed by atoms with Gasteiger partial charge in [0.2, 0.25) is 5.92 Å². The van der Waals surface area contributed by atoms with Crippen LogP contribution in [0.3, 0.4) is 0 Å². The first-order valence-electron chi connectivity index (χ1n) is 6.99. The van der Waals surface area contributed by atoms with Crippen LogP contribution in [0, 0.1) is 5.92 Å². The molecule has 0 spiro atoms. The first-order chi connectivity index (χ1) is 8.55. The molecule has 0 aromatic heterocycles. The molecule has 2 rings (SSSR count). The van der Waals surface area contributed by atoms with E-state index in [2.05, 4.69) is 10.3 Å². The molecule has 5 heteroatoms. The third-order valence-corrected chi connectivity index (χ3v) is 3.90. The summed E-state index contributed by atoms with van der Waals surface area (Å²) in [5.74, 6) is -2.02. The second kappa shape index (κ2) is 5.85. The Morgan fingerprint density at radius 1 is 1.17 bits per heavy atom. The summed E-state index contributed by atoms with van der Waals surface area (Å²) in [7, 11) is 0. The Balaban J connectivity index is 1.68. The number of nitrogens with two attached hydrogens (primary N) is 1. The van der Waals surface area contributed by atoms with E-state index in [0.717, 1.165) is 12.8 Å². The Morgan fingerprint density at radius 3 is 2.33 bits per heavy atom. The van der Waals surface area contributed by atoms with Crippen LogP contribution in [-0.4, -0.2) is 24.5 Å². The lowest BCUT2D eigenvalue weighted by Gasteiger charge is -2.33. The molecule has 104 valence electrons. The third-order valence-electron chi connectivity index (χ3n) is 3.90. The maximum atomic E-state index is 12.6. The smallest absolute Gasteiger partial charge is 0.248 e. The molecule has 0 aliphatic heterocycles. The van der Waals surface area contributed by atoms with Gasteiger partial charge in [0, 0.05) is 25.4 Å². The minimum absolute atomic E-state index is 0.00878. The van der Waals surface area contributed by atoms with Crippen LogP contribution in [0.25, 0.3) is 0 Å². The summed E-state index contributed by atoms with van der Waals surface area (Å²) in [5, 5.41) is 3.22. The monoisotopic (exact) mass is 259 g/mol. The highest BCUT2D eigenvalue weighted by Gasteiger charge is 2.44. The lowest BCUT2D eigenvalue weighted by atomic mass is 9.81. The molecule has 2 aliphatic carbocycles. The van der Waals surface area contributed by atoms with E-state index in [9.17, 15) is 8.78 Å². The van der Waals surface area contributed by atoms with Gasteiger partial charge in [-0.1, -0.05) is 25.7 Å². The lowest BCUT2D eigenvalue weighted by Crippen LogP contribution is -2.41. The highest BCUT2D eigenvalue weighted by molar-refractivity contribution is 5.78. The molecule has 0 aromatic carbocycles. The quantitative estimate of drug-likeness (QED) is 0.465. The molecule has 2 aliphatic rings. The molecule has 2 fully saturated rings. The zero-order valence-corrected chi connectivity index (χ0v) is 10.8. The van der Waals surface area contributed by atoms with Crippen molar-refractivity contribution in [2.24, 2.45) is 16.6 Å². The summed E-state index contributed by atoms with van der Waals surface area (Å²) in [5.41, 5.74) is 5.80. The number of halogens is 2. The number of alkyl halides is 2. The van der Waals surface area contributed by atoms with E-state index in [4.69, 9.17) is 5.73 Å². The van der Waals surface area contributed by atoms with Crippen molar-refractivity contribution in [1.82, 2.24) is 5.32 Å². The highest BCUT2D eigenvalue weighted by Crippen LogP contribution is 2.42. The Kier molecular flexibility index (Phi) is 4.40. The number of nitrogens with one attached hydrogen (secondary N) is 1. The van der Waals surface area contributed by atoms with Crippen LogP contribution in [0.4, 0.5) is 8.78 Å². The molecule has 3 N–H and O–H groups in total. The van der Waals surface area contributed by atoms with Crippen molar-refractivity contribution in [1.29, 1.82) is 0 Å². The average molecular weight is 259 g/mol. The van der Waals surface area contributed by atoms with Crippen LogP contribution in [0.1, 0.15) is 51.4 Å². The van der Waals surface area contributed by atoms with E-state index in [-0.39, 0.29) is 18.8 Å². The van der Waals surface area contributed by atoms with Gasteiger partial charge in [0.15, 0.2) is 5.96 Å². The van der Waals surface area contributed by atoms with Gasteiger partial charge in [-0.2, -0.15) is 0 Å². The van der Waals surface area contributed by atoms with E-state index in [1.807, 2.05) is 0 Å². The topological polar surface area (TPSA) is 50.4 Å². The molecule has 0 radical (unpaired) electrons. The number of nitrogens with zero attached hydrogens (tertiary/aromatic N) is 1. The van der Waals surface area contributed by atoms with Crippen molar-refractivity contribution < 1.29 is 8.78 Å². The Hall–Kier alpha value is -0.870. The van der Waals surface area contributed by atoms with Crippen LogP contribution in [0.15, 0.2) is 4.99 Å². The van der Waals surface area contributed by atoms with Crippen molar-refractivity contribution in [3.63, 3.8) is 0 Å². The van der Waals surface area contributed by atoms with E-state index in [0.29, 0.717) is 18.5 Å². The first kappa shape index (κ1) is 13.6. The fraction of sp³-hybridized carbons (Fsp3) is 0.923. The summed E-state index contributed by atoms with van der Waals surface area (Å²) in [6.07, 6.45) is 7.27. The molecule has 0 heterocycles. The lowest BCUT2D eigenvalue weighted by molar-refractivity contribution is -0.107. The molecular formula is C13H23F2N3. The van der Waals surface area contributed by atoms with Gasteiger partial charge in [-0.25, -0.2) is 8.78 Å². The number of rotatable bonds is 3. The fourth-order valence-corrected chi connectivity index (χ4v) is 2.82. The normalized spacial score (nSPS) is 26.4. The van der Waals surface area contributed by atoms with Crippen molar-refractivity contribution in [2.75, 3.05) is 6.54 Å². The number of hydrogen-bond donors (Lipinski definition) is 2. The molecule has 0 bridgehead atoms. The van der Waals surface area contributed by atoms with Crippen LogP contribution < -0.4 is 11.1 Å². The number of hydrogen-bond acceptors (Lipinski definition) is 1. The van der Waals surface area contributed by atoms with Gasteiger partial charge in [-0.05, 0) is 18.8 Å². The van der Waals surface area contributed by atoms with Gasteiger partial charge < -0.3 is 11.1 Å². The number of aliphatic imine (C=N–C) groups is 1. The van der Waals surface area contributed by atoms with E-state index >= 15 is 0 Å². The van der Waals surface area contributed by atoms with Gasteiger partial charge >= 0.3 is 0 Å². The van der Waals surface area contributed by atoms with Gasteiger partial charge in [-0.15, -0.1) is 0 Å². The summed E-state index contributed by atoms with van der Waals surface area (Å²) in [6, 6.07) is 0.416. The molecular weight excluding hydrogens is 236 g/mol. The predicted octanol–water partition coefficient (Wildman–Crippen LogP) is 2.66. The second-order valence-corrected chi connectivity index (χ2v) is 5.69. The minimum atomic E-state index is -2.45. The summed E-state index contributed by atoms with van der Waals surface area (Å²) < 4.78 is 25.3. The first-order valence-corrected chi connectivity index (χ1v) is 6.99. The minimum Gasteiger partial charge on any atom is -0.370 e. The van der Waals surface area contributed by atoms with Gasteiger partial charge in [-0.3, -0.25) is 4.99 Å². The van der Waals surface area contributed by atoms with Gasteiger partial charge in [0.05, 0.1) is 0 Å². The molecule has 0 saturated heterocycles. The standard InChI is InChI=1S/C13H23F2N3/c14-13(15)7-10(8-13)9-17-12(16)18-11-5-3-1-2-4-6-11/h10-11H,1-9H2,(H3,16,17,18). The van der Waals surface area contributed by atoms with Crippen LogP contribution >= 0.6 is 0 Å². The summed E-state index contributed by atoms with van der Waals surface area (Å²) in [4.78, 5) is 4.19. The summed E-state index contributed by atoms with van der Waals surface area (Å²) in [6.45, 7) is 0.432. The third kappa shape index (κ3) is 4.10. The van der Waals surface area contributed by atoms with Crippen molar-refractivity contribution in [3.05, 3.63) is 0 Å². The SMILES string of the molecule is NC(=NCC1CC(F)(F)C1)NC1CCCCCC1. The van der Waals surface area contributed by atoms with E-state index in [1.165, 1.54) is 25.7 Å². The van der Waals surface area contributed by atoms with Gasteiger partial charge in [0.25, 0.3) is 0 Å². The Bertz CT molecular complexity index is 289. The Labute approximate surface area is 107 Å². The van der Waals surface area contributed by atoms with E-state index in [1.54, 1.807) is 0 Å². The van der Waals surface area contributed by atoms with Crippen molar-refractivity contribution in [3.8, 4) is 0 Å². The van der Waals surface area contributed by atoms with Gasteiger partial charge in [0.1, 0.15) is 0 Å². The predicted molar refractivity (Wildman–Crippen MR) is 68.8 cm³/mol. The second-order valence-electron chi connectivity index (χ2n) is 5.69. The maximum absolute atomic E-state index is 12.6. The zero-order chi connectivity index (χ0) is 13.0.